The summed E-state index contributed by atoms with van der Waals surface area (Å²) < 4.78 is 10.9. The van der Waals surface area contributed by atoms with Crippen molar-refractivity contribution in [3.63, 3.8) is 0 Å². The van der Waals surface area contributed by atoms with Gasteiger partial charge in [0.2, 0.25) is 0 Å². The fourth-order valence-corrected chi connectivity index (χ4v) is 2.31. The van der Waals surface area contributed by atoms with Gasteiger partial charge in [0, 0.05) is 23.7 Å². The van der Waals surface area contributed by atoms with E-state index in [-0.39, 0.29) is 0 Å². The smallest absolute Gasteiger partial charge is 0.408 e. The van der Waals surface area contributed by atoms with Gasteiger partial charge < -0.3 is 20.1 Å². The van der Waals surface area contributed by atoms with E-state index in [4.69, 9.17) is 21.1 Å². The first-order valence-electron chi connectivity index (χ1n) is 8.15. The summed E-state index contributed by atoms with van der Waals surface area (Å²) in [4.78, 5) is 11.9. The molecule has 1 aromatic rings. The van der Waals surface area contributed by atoms with Gasteiger partial charge in [-0.2, -0.15) is 0 Å². The Morgan fingerprint density at radius 1 is 1.21 bits per heavy atom. The first kappa shape index (κ1) is 20.6. The number of amides is 1. The van der Waals surface area contributed by atoms with Crippen LogP contribution in [0.25, 0.3) is 0 Å². The Labute approximate surface area is 150 Å². The van der Waals surface area contributed by atoms with Crippen molar-refractivity contribution in [1.82, 2.24) is 10.6 Å². The molecular formula is C18H29ClN2O3. The Morgan fingerprint density at radius 2 is 1.88 bits per heavy atom. The van der Waals surface area contributed by atoms with Gasteiger partial charge in [0.25, 0.3) is 0 Å². The summed E-state index contributed by atoms with van der Waals surface area (Å²) in [6.45, 7) is 13.1. The van der Waals surface area contributed by atoms with Crippen molar-refractivity contribution < 1.29 is 14.3 Å². The molecule has 1 amide bonds. The number of hydrogen-bond acceptors (Lipinski definition) is 4. The van der Waals surface area contributed by atoms with Crippen molar-refractivity contribution in [3.05, 3.63) is 28.8 Å². The van der Waals surface area contributed by atoms with E-state index in [1.54, 1.807) is 0 Å². The molecule has 0 aliphatic carbocycles. The fraction of sp³-hybridized carbons (Fsp3) is 0.611. The molecule has 136 valence electrons. The zero-order valence-corrected chi connectivity index (χ0v) is 16.2. The number of carbonyl (C=O) groups excluding carboxylic acids is 1. The standard InChI is InChI=1S/C18H29ClN2O3/c1-7-23-15-9-8-14(19)10-13(15)11-20-12-18(5,6)21-16(22)24-17(2,3)4/h8-10,20H,7,11-12H2,1-6H3,(H,21,22). The van der Waals surface area contributed by atoms with E-state index in [1.165, 1.54) is 0 Å². The van der Waals surface area contributed by atoms with Crippen LogP contribution in [-0.2, 0) is 11.3 Å². The molecule has 0 radical (unpaired) electrons. The lowest BCUT2D eigenvalue weighted by Crippen LogP contribution is -2.51. The molecule has 0 aliphatic rings. The number of benzene rings is 1. The third-order valence-corrected chi connectivity index (χ3v) is 3.28. The molecule has 6 heteroatoms. The Bertz CT molecular complexity index is 554. The highest BCUT2D eigenvalue weighted by Crippen LogP contribution is 2.23. The zero-order valence-electron chi connectivity index (χ0n) is 15.5. The summed E-state index contributed by atoms with van der Waals surface area (Å²) in [5.74, 6) is 0.812. The first-order chi connectivity index (χ1) is 11.0. The molecular weight excluding hydrogens is 328 g/mol. The van der Waals surface area contributed by atoms with E-state index in [0.29, 0.717) is 24.7 Å². The molecule has 1 rings (SSSR count). The van der Waals surface area contributed by atoms with Crippen molar-refractivity contribution >= 4 is 17.7 Å². The van der Waals surface area contributed by atoms with Crippen molar-refractivity contribution in [2.75, 3.05) is 13.2 Å². The molecule has 0 spiro atoms. The molecule has 0 heterocycles. The zero-order chi connectivity index (χ0) is 18.4. The second-order valence-electron chi connectivity index (χ2n) is 7.30. The van der Waals surface area contributed by atoms with E-state index < -0.39 is 17.2 Å². The number of halogens is 1. The van der Waals surface area contributed by atoms with E-state index in [9.17, 15) is 4.79 Å². The summed E-state index contributed by atoms with van der Waals surface area (Å²) in [7, 11) is 0. The Kier molecular flexibility index (Phi) is 7.36. The lowest BCUT2D eigenvalue weighted by molar-refractivity contribution is 0.0472. The molecule has 0 saturated carbocycles. The van der Waals surface area contributed by atoms with Crippen LogP contribution in [0, 0.1) is 0 Å². The van der Waals surface area contributed by atoms with E-state index in [2.05, 4.69) is 10.6 Å². The molecule has 0 bridgehead atoms. The predicted molar refractivity (Wildman–Crippen MR) is 97.8 cm³/mol. The average molecular weight is 357 g/mol. The number of alkyl carbamates (subject to hydrolysis) is 1. The molecule has 2 N–H and O–H groups in total. The van der Waals surface area contributed by atoms with Gasteiger partial charge in [-0.05, 0) is 59.7 Å². The monoisotopic (exact) mass is 356 g/mol. The predicted octanol–water partition coefficient (Wildman–Crippen LogP) is 4.13. The second kappa shape index (κ2) is 8.58. The van der Waals surface area contributed by atoms with E-state index in [0.717, 1.165) is 11.3 Å². The molecule has 0 aliphatic heterocycles. The quantitative estimate of drug-likeness (QED) is 0.771. The highest BCUT2D eigenvalue weighted by atomic mass is 35.5. The van der Waals surface area contributed by atoms with Crippen LogP contribution in [0.4, 0.5) is 4.79 Å². The minimum Gasteiger partial charge on any atom is -0.494 e. The summed E-state index contributed by atoms with van der Waals surface area (Å²) >= 11 is 6.06. The van der Waals surface area contributed by atoms with Gasteiger partial charge in [0.1, 0.15) is 11.4 Å². The van der Waals surface area contributed by atoms with Gasteiger partial charge in [-0.3, -0.25) is 0 Å². The van der Waals surface area contributed by atoms with Crippen LogP contribution in [0.1, 0.15) is 47.1 Å². The van der Waals surface area contributed by atoms with Crippen LogP contribution in [0.3, 0.4) is 0 Å². The Morgan fingerprint density at radius 3 is 2.46 bits per heavy atom. The lowest BCUT2D eigenvalue weighted by Gasteiger charge is -2.29. The van der Waals surface area contributed by atoms with Crippen molar-refractivity contribution in [2.24, 2.45) is 0 Å². The van der Waals surface area contributed by atoms with Crippen LogP contribution in [0.5, 0.6) is 5.75 Å². The molecule has 1 aromatic carbocycles. The Balaban J connectivity index is 2.56. The second-order valence-corrected chi connectivity index (χ2v) is 7.74. The van der Waals surface area contributed by atoms with E-state index >= 15 is 0 Å². The number of carbonyl (C=O) groups is 1. The number of ether oxygens (including phenoxy) is 2. The van der Waals surface area contributed by atoms with Gasteiger partial charge in [-0.15, -0.1) is 0 Å². The van der Waals surface area contributed by atoms with E-state index in [1.807, 2.05) is 59.7 Å². The van der Waals surface area contributed by atoms with Gasteiger partial charge in [0.15, 0.2) is 0 Å². The normalized spacial score (nSPS) is 12.0. The SMILES string of the molecule is CCOc1ccc(Cl)cc1CNCC(C)(C)NC(=O)OC(C)(C)C. The maximum Gasteiger partial charge on any atom is 0.408 e. The number of hydrogen-bond donors (Lipinski definition) is 2. The average Bonchev–Trinajstić information content (AvgIpc) is 2.38. The lowest BCUT2D eigenvalue weighted by atomic mass is 10.1. The van der Waals surface area contributed by atoms with Crippen LogP contribution < -0.4 is 15.4 Å². The minimum absolute atomic E-state index is 0.424. The highest BCUT2D eigenvalue weighted by molar-refractivity contribution is 6.30. The molecule has 5 nitrogen and oxygen atoms in total. The summed E-state index contributed by atoms with van der Waals surface area (Å²) in [6.07, 6.45) is -0.424. The van der Waals surface area contributed by atoms with Gasteiger partial charge in [-0.1, -0.05) is 11.6 Å². The highest BCUT2D eigenvalue weighted by Gasteiger charge is 2.24. The molecule has 0 atom stereocenters. The van der Waals surface area contributed by atoms with Crippen LogP contribution in [-0.4, -0.2) is 30.4 Å². The minimum atomic E-state index is -0.513. The molecule has 0 aromatic heterocycles. The van der Waals surface area contributed by atoms with Crippen LogP contribution in [0.2, 0.25) is 5.02 Å². The Hall–Kier alpha value is -1.46. The molecule has 24 heavy (non-hydrogen) atoms. The van der Waals surface area contributed by atoms with Gasteiger partial charge in [0.05, 0.1) is 12.1 Å². The first-order valence-corrected chi connectivity index (χ1v) is 8.53. The molecule has 0 unspecified atom stereocenters. The fourth-order valence-electron chi connectivity index (χ4n) is 2.12. The van der Waals surface area contributed by atoms with Crippen LogP contribution in [0.15, 0.2) is 18.2 Å². The number of nitrogens with one attached hydrogen (secondary N) is 2. The largest absolute Gasteiger partial charge is 0.494 e. The van der Waals surface area contributed by atoms with Crippen LogP contribution >= 0.6 is 11.6 Å². The third kappa shape index (κ3) is 7.88. The van der Waals surface area contributed by atoms with Crippen molar-refractivity contribution in [3.8, 4) is 5.75 Å². The summed E-state index contributed by atoms with van der Waals surface area (Å²) in [5, 5.41) is 6.86. The summed E-state index contributed by atoms with van der Waals surface area (Å²) in [6, 6.07) is 5.56. The molecule has 0 fully saturated rings. The molecule has 0 saturated heterocycles. The maximum absolute atomic E-state index is 11.9. The topological polar surface area (TPSA) is 59.6 Å². The third-order valence-electron chi connectivity index (χ3n) is 3.04. The number of rotatable bonds is 7. The summed E-state index contributed by atoms with van der Waals surface area (Å²) in [5.41, 5.74) is 0.0189. The van der Waals surface area contributed by atoms with Crippen molar-refractivity contribution in [1.29, 1.82) is 0 Å². The van der Waals surface area contributed by atoms with Gasteiger partial charge in [-0.25, -0.2) is 4.79 Å². The maximum atomic E-state index is 11.9. The van der Waals surface area contributed by atoms with Gasteiger partial charge >= 0.3 is 6.09 Å². The van der Waals surface area contributed by atoms with Crippen molar-refractivity contribution in [2.45, 2.75) is 59.2 Å².